The van der Waals surface area contributed by atoms with Gasteiger partial charge in [-0.2, -0.15) is 5.10 Å². The van der Waals surface area contributed by atoms with Gasteiger partial charge in [0.1, 0.15) is 6.33 Å². The fourth-order valence-corrected chi connectivity index (χ4v) is 2.52. The van der Waals surface area contributed by atoms with Crippen molar-refractivity contribution in [3.63, 3.8) is 0 Å². The van der Waals surface area contributed by atoms with Gasteiger partial charge in [0.2, 0.25) is 0 Å². The van der Waals surface area contributed by atoms with Crippen LogP contribution < -0.4 is 5.69 Å². The van der Waals surface area contributed by atoms with E-state index in [0.29, 0.717) is 6.54 Å². The number of halogens is 1. The quantitative estimate of drug-likeness (QED) is 0.769. The maximum absolute atomic E-state index is 11.6. The third-order valence-electron chi connectivity index (χ3n) is 3.16. The van der Waals surface area contributed by atoms with E-state index in [4.69, 9.17) is 0 Å². The summed E-state index contributed by atoms with van der Waals surface area (Å²) in [4.78, 5) is 11.6. The number of hydrogen-bond acceptors (Lipinski definition) is 2. The van der Waals surface area contributed by atoms with Crippen molar-refractivity contribution >= 4 is 15.9 Å². The Bertz CT molecular complexity index is 357. The zero-order valence-corrected chi connectivity index (χ0v) is 11.1. The summed E-state index contributed by atoms with van der Waals surface area (Å²) >= 11 is 3.53. The van der Waals surface area contributed by atoms with E-state index in [1.807, 2.05) is 0 Å². The Morgan fingerprint density at radius 2 is 2.07 bits per heavy atom. The zero-order chi connectivity index (χ0) is 11.5. The summed E-state index contributed by atoms with van der Waals surface area (Å²) in [6.45, 7) is 4.99. The molecule has 86 valence electrons. The molecule has 0 radical (unpaired) electrons. The van der Waals surface area contributed by atoms with Crippen molar-refractivity contribution in [1.29, 1.82) is 0 Å². The Morgan fingerprint density at radius 1 is 1.47 bits per heavy atom. The van der Waals surface area contributed by atoms with Crippen molar-refractivity contribution in [3.8, 4) is 0 Å². The molecule has 0 saturated carbocycles. The minimum atomic E-state index is -0.0396. The maximum Gasteiger partial charge on any atom is 0.345 e. The van der Waals surface area contributed by atoms with Gasteiger partial charge in [0.25, 0.3) is 0 Å². The van der Waals surface area contributed by atoms with Crippen LogP contribution in [0.4, 0.5) is 0 Å². The number of hydrogen-bond donors (Lipinski definition) is 0. The van der Waals surface area contributed by atoms with Crippen molar-refractivity contribution in [2.45, 2.75) is 33.2 Å². The Balaban J connectivity index is 2.93. The van der Waals surface area contributed by atoms with Gasteiger partial charge < -0.3 is 0 Å². The summed E-state index contributed by atoms with van der Waals surface area (Å²) in [6.07, 6.45) is 3.64. The SMILES string of the molecule is CCC(CC)(CBr)Cn1ncn(C)c1=O. The van der Waals surface area contributed by atoms with E-state index in [1.54, 1.807) is 18.1 Å². The van der Waals surface area contributed by atoms with E-state index < -0.39 is 0 Å². The third-order valence-corrected chi connectivity index (χ3v) is 4.34. The lowest BCUT2D eigenvalue weighted by Crippen LogP contribution is -2.34. The van der Waals surface area contributed by atoms with Crippen molar-refractivity contribution in [1.82, 2.24) is 14.3 Å². The molecule has 1 rings (SSSR count). The van der Waals surface area contributed by atoms with Crippen LogP contribution in [0.15, 0.2) is 11.1 Å². The van der Waals surface area contributed by atoms with Crippen LogP contribution in [0.2, 0.25) is 0 Å². The molecular weight excluding hydrogens is 258 g/mol. The number of aryl methyl sites for hydroxylation is 1. The van der Waals surface area contributed by atoms with Crippen molar-refractivity contribution < 1.29 is 0 Å². The van der Waals surface area contributed by atoms with E-state index in [1.165, 1.54) is 4.57 Å². The molecule has 0 aliphatic heterocycles. The van der Waals surface area contributed by atoms with Crippen LogP contribution >= 0.6 is 15.9 Å². The summed E-state index contributed by atoms with van der Waals surface area (Å²) < 4.78 is 3.05. The molecule has 0 unspecified atom stereocenters. The predicted octanol–water partition coefficient (Wildman–Crippen LogP) is 1.78. The largest absolute Gasteiger partial charge is 0.345 e. The minimum absolute atomic E-state index is 0.0396. The van der Waals surface area contributed by atoms with Crippen LogP contribution in [0.25, 0.3) is 0 Å². The first kappa shape index (κ1) is 12.5. The van der Waals surface area contributed by atoms with Crippen LogP contribution in [-0.4, -0.2) is 19.7 Å². The summed E-state index contributed by atoms with van der Waals surface area (Å²) in [5, 5.41) is 4.99. The molecule has 0 saturated heterocycles. The molecule has 0 fully saturated rings. The Kier molecular flexibility index (Phi) is 4.13. The summed E-state index contributed by atoms with van der Waals surface area (Å²) in [7, 11) is 1.72. The molecule has 0 aliphatic rings. The fraction of sp³-hybridized carbons (Fsp3) is 0.800. The van der Waals surface area contributed by atoms with Crippen molar-refractivity contribution in [2.75, 3.05) is 5.33 Å². The van der Waals surface area contributed by atoms with Gasteiger partial charge in [0.15, 0.2) is 0 Å². The third kappa shape index (κ3) is 2.51. The summed E-state index contributed by atoms with van der Waals surface area (Å²) in [5.41, 5.74) is 0.0975. The fourth-order valence-electron chi connectivity index (χ4n) is 1.55. The average molecular weight is 276 g/mol. The van der Waals surface area contributed by atoms with E-state index in [2.05, 4.69) is 34.9 Å². The Morgan fingerprint density at radius 3 is 2.40 bits per heavy atom. The first-order valence-electron chi connectivity index (χ1n) is 5.23. The van der Waals surface area contributed by atoms with Gasteiger partial charge in [-0.25, -0.2) is 9.48 Å². The monoisotopic (exact) mass is 275 g/mol. The van der Waals surface area contributed by atoms with E-state index in [9.17, 15) is 4.79 Å². The van der Waals surface area contributed by atoms with Gasteiger partial charge in [-0.05, 0) is 18.3 Å². The van der Waals surface area contributed by atoms with Crippen LogP contribution in [0, 0.1) is 5.41 Å². The highest BCUT2D eigenvalue weighted by Crippen LogP contribution is 2.29. The molecule has 5 heteroatoms. The molecule has 1 aromatic rings. The van der Waals surface area contributed by atoms with Crippen LogP contribution in [-0.2, 0) is 13.6 Å². The van der Waals surface area contributed by atoms with Crippen LogP contribution in [0.3, 0.4) is 0 Å². The lowest BCUT2D eigenvalue weighted by atomic mass is 9.85. The summed E-state index contributed by atoms with van der Waals surface area (Å²) in [6, 6.07) is 0. The van der Waals surface area contributed by atoms with Gasteiger partial charge in [0, 0.05) is 12.4 Å². The van der Waals surface area contributed by atoms with Crippen LogP contribution in [0.1, 0.15) is 26.7 Å². The normalized spacial score (nSPS) is 12.0. The molecule has 0 amide bonds. The highest BCUT2D eigenvalue weighted by atomic mass is 79.9. The molecule has 15 heavy (non-hydrogen) atoms. The number of alkyl halides is 1. The first-order chi connectivity index (χ1) is 7.08. The molecule has 0 N–H and O–H groups in total. The predicted molar refractivity (Wildman–Crippen MR) is 64.3 cm³/mol. The topological polar surface area (TPSA) is 39.8 Å². The molecule has 0 aromatic carbocycles. The minimum Gasteiger partial charge on any atom is -0.285 e. The average Bonchev–Trinajstić information content (AvgIpc) is 2.57. The second-order valence-corrected chi connectivity index (χ2v) is 4.58. The van der Waals surface area contributed by atoms with E-state index in [0.717, 1.165) is 18.2 Å². The van der Waals surface area contributed by atoms with Gasteiger partial charge in [0.05, 0.1) is 6.54 Å². The van der Waals surface area contributed by atoms with Crippen LogP contribution in [0.5, 0.6) is 0 Å². The lowest BCUT2D eigenvalue weighted by molar-refractivity contribution is 0.243. The molecule has 1 heterocycles. The second-order valence-electron chi connectivity index (χ2n) is 4.02. The highest BCUT2D eigenvalue weighted by molar-refractivity contribution is 9.09. The number of aromatic nitrogens is 3. The van der Waals surface area contributed by atoms with Crippen molar-refractivity contribution in [3.05, 3.63) is 16.8 Å². The molecule has 4 nitrogen and oxygen atoms in total. The van der Waals surface area contributed by atoms with Gasteiger partial charge >= 0.3 is 5.69 Å². The Hall–Kier alpha value is -0.580. The lowest BCUT2D eigenvalue weighted by Gasteiger charge is -2.28. The highest BCUT2D eigenvalue weighted by Gasteiger charge is 2.26. The molecule has 0 spiro atoms. The zero-order valence-electron chi connectivity index (χ0n) is 9.53. The van der Waals surface area contributed by atoms with E-state index in [-0.39, 0.29) is 11.1 Å². The van der Waals surface area contributed by atoms with Gasteiger partial charge in [-0.15, -0.1) is 0 Å². The number of nitrogens with zero attached hydrogens (tertiary/aromatic N) is 3. The molecule has 0 bridgehead atoms. The first-order valence-corrected chi connectivity index (χ1v) is 6.35. The summed E-state index contributed by atoms with van der Waals surface area (Å²) in [5.74, 6) is 0. The Labute approximate surface area is 98.4 Å². The number of rotatable bonds is 5. The molecular formula is C10H18BrN3O. The smallest absolute Gasteiger partial charge is 0.285 e. The molecule has 0 aliphatic carbocycles. The van der Waals surface area contributed by atoms with Gasteiger partial charge in [-0.3, -0.25) is 4.57 Å². The van der Waals surface area contributed by atoms with Gasteiger partial charge in [-0.1, -0.05) is 29.8 Å². The van der Waals surface area contributed by atoms with Crippen molar-refractivity contribution in [2.24, 2.45) is 12.5 Å². The molecule has 1 aromatic heterocycles. The molecule has 0 atom stereocenters. The second kappa shape index (κ2) is 4.96. The maximum atomic E-state index is 11.6. The van der Waals surface area contributed by atoms with E-state index >= 15 is 0 Å². The standard InChI is InChI=1S/C10H18BrN3O/c1-4-10(5-2,6-11)7-14-9(15)13(3)8-12-14/h8H,4-7H2,1-3H3.